The van der Waals surface area contributed by atoms with Crippen molar-refractivity contribution >= 4 is 16.6 Å². The van der Waals surface area contributed by atoms with Crippen molar-refractivity contribution in [2.75, 3.05) is 7.05 Å². The van der Waals surface area contributed by atoms with E-state index in [0.29, 0.717) is 0 Å². The van der Waals surface area contributed by atoms with E-state index in [1.807, 2.05) is 13.1 Å². The second-order valence-electron chi connectivity index (χ2n) is 10.7. The van der Waals surface area contributed by atoms with Gasteiger partial charge in [-0.1, -0.05) is 122 Å². The van der Waals surface area contributed by atoms with Gasteiger partial charge in [-0.3, -0.25) is 4.99 Å². The summed E-state index contributed by atoms with van der Waals surface area (Å²) in [6, 6.07) is 26.5. The summed E-state index contributed by atoms with van der Waals surface area (Å²) in [6.45, 7) is 2.37. The number of rotatable bonds is 3. The predicted molar refractivity (Wildman–Crippen MR) is 164 cm³/mol. The van der Waals surface area contributed by atoms with E-state index in [9.17, 15) is 0 Å². The lowest BCUT2D eigenvalue weighted by Crippen LogP contribution is -2.33. The quantitative estimate of drug-likeness (QED) is 0.275. The molecule has 7 rings (SSSR count). The molecule has 0 fully saturated rings. The van der Waals surface area contributed by atoms with Crippen molar-refractivity contribution in [3.63, 3.8) is 0 Å². The van der Waals surface area contributed by atoms with Gasteiger partial charge in [0.15, 0.2) is 0 Å². The molecule has 0 N–H and O–H groups in total. The highest BCUT2D eigenvalue weighted by molar-refractivity contribution is 6.11. The van der Waals surface area contributed by atoms with Gasteiger partial charge in [0.05, 0.1) is 16.9 Å². The molecule has 2 nitrogen and oxygen atoms in total. The van der Waals surface area contributed by atoms with E-state index in [0.717, 1.165) is 28.9 Å². The maximum Gasteiger partial charge on any atom is 0.0754 e. The average molecular weight is 503 g/mol. The fraction of sp³-hybridized carbons (Fsp3) is 0.135. The summed E-state index contributed by atoms with van der Waals surface area (Å²) in [6.07, 6.45) is 20.5. The first-order chi connectivity index (χ1) is 19.2. The third-order valence-corrected chi connectivity index (χ3v) is 8.48. The van der Waals surface area contributed by atoms with Gasteiger partial charge in [-0.2, -0.15) is 0 Å². The molecule has 3 aliphatic rings. The Morgan fingerprint density at radius 3 is 2.54 bits per heavy atom. The highest BCUT2D eigenvalue weighted by atomic mass is 14.7. The molecule has 2 unspecified atom stereocenters. The van der Waals surface area contributed by atoms with Crippen LogP contribution in [0.3, 0.4) is 0 Å². The number of aromatic nitrogens is 1. The maximum absolute atomic E-state index is 5.32. The van der Waals surface area contributed by atoms with Crippen LogP contribution in [0.2, 0.25) is 0 Å². The predicted octanol–water partition coefficient (Wildman–Crippen LogP) is 8.72. The Morgan fingerprint density at radius 2 is 1.67 bits per heavy atom. The van der Waals surface area contributed by atoms with Crippen molar-refractivity contribution in [3.05, 3.63) is 150 Å². The number of fused-ring (bicyclic) bond motifs is 8. The van der Waals surface area contributed by atoms with Crippen LogP contribution in [-0.2, 0) is 11.8 Å². The fourth-order valence-electron chi connectivity index (χ4n) is 6.49. The molecule has 0 radical (unpaired) electrons. The van der Waals surface area contributed by atoms with Gasteiger partial charge >= 0.3 is 0 Å². The molecule has 3 aliphatic carbocycles. The number of allylic oxidation sites excluding steroid dienone is 10. The lowest BCUT2D eigenvalue weighted by molar-refractivity contribution is 0.519. The van der Waals surface area contributed by atoms with Crippen molar-refractivity contribution < 1.29 is 0 Å². The zero-order valence-corrected chi connectivity index (χ0v) is 22.3. The monoisotopic (exact) mass is 502 g/mol. The smallest absolute Gasteiger partial charge is 0.0754 e. The average Bonchev–Trinajstić information content (AvgIpc) is 3.00. The molecule has 0 bridgehead atoms. The highest BCUT2D eigenvalue weighted by Gasteiger charge is 2.43. The van der Waals surface area contributed by atoms with Crippen LogP contribution in [-0.4, -0.2) is 17.7 Å². The summed E-state index contributed by atoms with van der Waals surface area (Å²) < 4.78 is 0. The second-order valence-corrected chi connectivity index (χ2v) is 10.7. The largest absolute Gasteiger partial charge is 0.288 e. The van der Waals surface area contributed by atoms with Crippen molar-refractivity contribution in [3.8, 4) is 22.4 Å². The molecule has 1 heterocycles. The molecular weight excluding hydrogens is 472 g/mol. The summed E-state index contributed by atoms with van der Waals surface area (Å²) in [5.74, 6) is 0.210. The SMILES string of the molecule is C/N=C1/C=CC=C/C1=C/Cc1ccc(-c2nc3ccccc3c3c2C2C=CC=CC2(C)c2ccccc2-3)cc1. The molecule has 188 valence electrons. The van der Waals surface area contributed by atoms with Gasteiger partial charge in [0.25, 0.3) is 0 Å². The highest BCUT2D eigenvalue weighted by Crippen LogP contribution is 2.56. The van der Waals surface area contributed by atoms with Crippen LogP contribution in [0, 0.1) is 0 Å². The van der Waals surface area contributed by atoms with Crippen molar-refractivity contribution in [1.82, 2.24) is 4.98 Å². The molecule has 0 saturated carbocycles. The summed E-state index contributed by atoms with van der Waals surface area (Å²) in [4.78, 5) is 9.73. The molecule has 0 amide bonds. The van der Waals surface area contributed by atoms with Gasteiger partial charge < -0.3 is 0 Å². The van der Waals surface area contributed by atoms with E-state index in [-0.39, 0.29) is 11.3 Å². The van der Waals surface area contributed by atoms with Crippen LogP contribution < -0.4 is 0 Å². The standard InChI is InChI=1S/C37H30N2/c1-37-24-10-9-15-31(37)35-34(28-12-4-6-14-30(28)37)29-13-5-8-17-33(29)39-36(35)27-22-19-25(20-23-27)18-21-26-11-3-7-16-32(26)38-2/h3-17,19-24,31H,18H2,1-2H3/b26-21-,38-32-. The van der Waals surface area contributed by atoms with E-state index in [1.54, 1.807) is 0 Å². The van der Waals surface area contributed by atoms with Gasteiger partial charge in [0.2, 0.25) is 0 Å². The van der Waals surface area contributed by atoms with E-state index < -0.39 is 0 Å². The van der Waals surface area contributed by atoms with Crippen LogP contribution >= 0.6 is 0 Å². The molecule has 0 spiro atoms. The summed E-state index contributed by atoms with van der Waals surface area (Å²) in [7, 11) is 1.85. The maximum atomic E-state index is 5.32. The Labute approximate surface area is 230 Å². The first-order valence-corrected chi connectivity index (χ1v) is 13.7. The topological polar surface area (TPSA) is 25.2 Å². The molecule has 0 saturated heterocycles. The number of hydrogen-bond donors (Lipinski definition) is 0. The third kappa shape index (κ3) is 3.79. The van der Waals surface area contributed by atoms with E-state index >= 15 is 0 Å². The molecule has 0 aliphatic heterocycles. The number of benzene rings is 3. The van der Waals surface area contributed by atoms with Gasteiger partial charge in [-0.25, -0.2) is 4.98 Å². The van der Waals surface area contributed by atoms with Gasteiger partial charge in [-0.05, 0) is 52.0 Å². The molecular formula is C37H30N2. The molecule has 3 aromatic carbocycles. The van der Waals surface area contributed by atoms with Crippen LogP contribution in [0.5, 0.6) is 0 Å². The Hall–Kier alpha value is -4.56. The summed E-state index contributed by atoms with van der Waals surface area (Å²) in [5, 5.41) is 1.22. The first-order valence-electron chi connectivity index (χ1n) is 13.7. The zero-order valence-electron chi connectivity index (χ0n) is 22.3. The number of pyridine rings is 1. The lowest BCUT2D eigenvalue weighted by Gasteiger charge is -2.43. The number of nitrogens with zero attached hydrogens (tertiary/aromatic N) is 2. The minimum Gasteiger partial charge on any atom is -0.288 e. The third-order valence-electron chi connectivity index (χ3n) is 8.48. The Bertz CT molecular complexity index is 1790. The summed E-state index contributed by atoms with van der Waals surface area (Å²) in [5.41, 5.74) is 12.0. The fourth-order valence-corrected chi connectivity index (χ4v) is 6.49. The zero-order chi connectivity index (χ0) is 26.4. The van der Waals surface area contributed by atoms with E-state index in [4.69, 9.17) is 4.98 Å². The summed E-state index contributed by atoms with van der Waals surface area (Å²) >= 11 is 0. The first kappa shape index (κ1) is 23.5. The second kappa shape index (κ2) is 9.32. The van der Waals surface area contributed by atoms with Gasteiger partial charge in [-0.15, -0.1) is 0 Å². The molecule has 4 aromatic rings. The Balaban J connectivity index is 1.38. The normalized spacial score (nSPS) is 22.8. The Morgan fingerprint density at radius 1 is 0.872 bits per heavy atom. The van der Waals surface area contributed by atoms with Crippen LogP contribution in [0.15, 0.2) is 138 Å². The van der Waals surface area contributed by atoms with Crippen molar-refractivity contribution in [2.45, 2.75) is 24.7 Å². The minimum absolute atomic E-state index is 0.121. The molecule has 2 atom stereocenters. The van der Waals surface area contributed by atoms with Gasteiger partial charge in [0.1, 0.15) is 0 Å². The van der Waals surface area contributed by atoms with Crippen LogP contribution in [0.25, 0.3) is 33.3 Å². The number of para-hydroxylation sites is 1. The van der Waals surface area contributed by atoms with Crippen LogP contribution in [0.4, 0.5) is 0 Å². The van der Waals surface area contributed by atoms with E-state index in [1.165, 1.54) is 38.8 Å². The number of aliphatic imine (C=N–C) groups is 1. The Kier molecular flexibility index (Phi) is 5.63. The molecule has 39 heavy (non-hydrogen) atoms. The van der Waals surface area contributed by atoms with E-state index in [2.05, 4.69) is 133 Å². The number of hydrogen-bond acceptors (Lipinski definition) is 2. The van der Waals surface area contributed by atoms with Crippen molar-refractivity contribution in [2.24, 2.45) is 4.99 Å². The molecule has 2 heteroatoms. The van der Waals surface area contributed by atoms with Gasteiger partial charge in [0, 0.05) is 29.3 Å². The van der Waals surface area contributed by atoms with Crippen LogP contribution in [0.1, 0.15) is 29.5 Å². The minimum atomic E-state index is -0.121. The lowest BCUT2D eigenvalue weighted by atomic mass is 9.60. The molecule has 1 aromatic heterocycles. The van der Waals surface area contributed by atoms with Crippen molar-refractivity contribution in [1.29, 1.82) is 0 Å².